The third kappa shape index (κ3) is 4.74. The van der Waals surface area contributed by atoms with E-state index in [1.165, 1.54) is 7.11 Å². The molecule has 0 bridgehead atoms. The van der Waals surface area contributed by atoms with Gasteiger partial charge < -0.3 is 19.9 Å². The Kier molecular flexibility index (Phi) is 6.87. The number of carbonyl (C=O) groups excluding carboxylic acids is 1. The second kappa shape index (κ2) is 8.43. The number of rotatable bonds is 8. The van der Waals surface area contributed by atoms with E-state index in [4.69, 9.17) is 14.6 Å². The number of amides is 1. The lowest BCUT2D eigenvalue weighted by Gasteiger charge is -2.11. The van der Waals surface area contributed by atoms with Crippen LogP contribution in [0.2, 0.25) is 0 Å². The summed E-state index contributed by atoms with van der Waals surface area (Å²) in [6.07, 6.45) is 1.74. The predicted octanol–water partition coefficient (Wildman–Crippen LogP) is 1.84. The minimum absolute atomic E-state index is 0.136. The van der Waals surface area contributed by atoms with Crippen LogP contribution < -0.4 is 14.8 Å². The number of aliphatic hydroxyl groups excluding tert-OH is 1. The second-order valence-electron chi connectivity index (χ2n) is 4.76. The molecular formula is C15H23NO4. The zero-order chi connectivity index (χ0) is 15.0. The van der Waals surface area contributed by atoms with Crippen molar-refractivity contribution in [2.24, 2.45) is 5.92 Å². The summed E-state index contributed by atoms with van der Waals surface area (Å²) in [6.45, 7) is 2.76. The van der Waals surface area contributed by atoms with Crippen molar-refractivity contribution in [2.45, 2.75) is 19.8 Å². The number of ether oxygens (including phenoxy) is 2. The SMILES string of the molecule is COc1ccc(C(=O)NCCCC(C)CO)cc1OC. The Bertz CT molecular complexity index is 434. The molecule has 5 nitrogen and oxygen atoms in total. The van der Waals surface area contributed by atoms with Crippen LogP contribution in [0.5, 0.6) is 11.5 Å². The fraction of sp³-hybridized carbons (Fsp3) is 0.533. The first kappa shape index (κ1) is 16.3. The lowest BCUT2D eigenvalue weighted by molar-refractivity contribution is 0.0951. The van der Waals surface area contributed by atoms with Gasteiger partial charge in [-0.1, -0.05) is 6.92 Å². The molecule has 1 amide bonds. The Hall–Kier alpha value is -1.75. The van der Waals surface area contributed by atoms with Crippen LogP contribution in [0.15, 0.2) is 18.2 Å². The Balaban J connectivity index is 2.51. The molecule has 1 aromatic rings. The summed E-state index contributed by atoms with van der Waals surface area (Å²) < 4.78 is 10.3. The Morgan fingerprint density at radius 3 is 2.60 bits per heavy atom. The van der Waals surface area contributed by atoms with E-state index in [-0.39, 0.29) is 18.4 Å². The van der Waals surface area contributed by atoms with Crippen LogP contribution >= 0.6 is 0 Å². The zero-order valence-electron chi connectivity index (χ0n) is 12.3. The van der Waals surface area contributed by atoms with Gasteiger partial charge in [0.15, 0.2) is 11.5 Å². The molecule has 0 saturated carbocycles. The number of aliphatic hydroxyl groups is 1. The summed E-state index contributed by atoms with van der Waals surface area (Å²) in [5.74, 6) is 1.27. The molecule has 0 aliphatic carbocycles. The molecule has 0 aliphatic rings. The number of methoxy groups -OCH3 is 2. The van der Waals surface area contributed by atoms with Gasteiger partial charge in [-0.15, -0.1) is 0 Å². The second-order valence-corrected chi connectivity index (χ2v) is 4.76. The van der Waals surface area contributed by atoms with Gasteiger partial charge in [0.25, 0.3) is 5.91 Å². The van der Waals surface area contributed by atoms with Gasteiger partial charge in [0.2, 0.25) is 0 Å². The Morgan fingerprint density at radius 1 is 1.30 bits per heavy atom. The topological polar surface area (TPSA) is 67.8 Å². The van der Waals surface area contributed by atoms with E-state index in [2.05, 4.69) is 5.32 Å². The first-order valence-corrected chi connectivity index (χ1v) is 6.73. The monoisotopic (exact) mass is 281 g/mol. The fourth-order valence-electron chi connectivity index (χ4n) is 1.82. The highest BCUT2D eigenvalue weighted by Crippen LogP contribution is 2.27. The van der Waals surface area contributed by atoms with Crippen LogP contribution in [0.25, 0.3) is 0 Å². The molecular weight excluding hydrogens is 258 g/mol. The molecule has 2 N–H and O–H groups in total. The molecule has 1 atom stereocenters. The third-order valence-corrected chi connectivity index (χ3v) is 3.12. The van der Waals surface area contributed by atoms with E-state index >= 15 is 0 Å². The van der Waals surface area contributed by atoms with Gasteiger partial charge in [0.1, 0.15) is 0 Å². The molecule has 0 radical (unpaired) electrons. The lowest BCUT2D eigenvalue weighted by atomic mass is 10.1. The largest absolute Gasteiger partial charge is 0.493 e. The molecule has 1 aromatic carbocycles. The molecule has 0 heterocycles. The smallest absolute Gasteiger partial charge is 0.251 e. The van der Waals surface area contributed by atoms with Gasteiger partial charge in [-0.05, 0) is 37.0 Å². The van der Waals surface area contributed by atoms with E-state index in [9.17, 15) is 4.79 Å². The summed E-state index contributed by atoms with van der Waals surface area (Å²) in [4.78, 5) is 12.0. The summed E-state index contributed by atoms with van der Waals surface area (Å²) in [5, 5.41) is 11.8. The highest BCUT2D eigenvalue weighted by Gasteiger charge is 2.10. The highest BCUT2D eigenvalue weighted by atomic mass is 16.5. The van der Waals surface area contributed by atoms with Gasteiger partial charge in [-0.2, -0.15) is 0 Å². The summed E-state index contributed by atoms with van der Waals surface area (Å²) >= 11 is 0. The number of carbonyl (C=O) groups is 1. The Morgan fingerprint density at radius 2 is 2.00 bits per heavy atom. The minimum Gasteiger partial charge on any atom is -0.493 e. The first-order valence-electron chi connectivity index (χ1n) is 6.73. The average molecular weight is 281 g/mol. The summed E-state index contributed by atoms with van der Waals surface area (Å²) in [6, 6.07) is 5.07. The quantitative estimate of drug-likeness (QED) is 0.714. The maximum absolute atomic E-state index is 12.0. The molecule has 0 spiro atoms. The predicted molar refractivity (Wildman–Crippen MR) is 77.4 cm³/mol. The van der Waals surface area contributed by atoms with E-state index in [1.807, 2.05) is 6.92 Å². The molecule has 112 valence electrons. The van der Waals surface area contributed by atoms with Gasteiger partial charge in [-0.25, -0.2) is 0 Å². The number of benzene rings is 1. The van der Waals surface area contributed by atoms with Crippen molar-refractivity contribution in [2.75, 3.05) is 27.4 Å². The van der Waals surface area contributed by atoms with Crippen molar-refractivity contribution in [3.8, 4) is 11.5 Å². The van der Waals surface area contributed by atoms with Crippen molar-refractivity contribution in [1.29, 1.82) is 0 Å². The summed E-state index contributed by atoms with van der Waals surface area (Å²) in [5.41, 5.74) is 0.540. The van der Waals surface area contributed by atoms with Crippen molar-refractivity contribution in [3.63, 3.8) is 0 Å². The van der Waals surface area contributed by atoms with Crippen molar-refractivity contribution < 1.29 is 19.4 Å². The molecule has 0 aromatic heterocycles. The fourth-order valence-corrected chi connectivity index (χ4v) is 1.82. The van der Waals surface area contributed by atoms with Gasteiger partial charge in [0, 0.05) is 18.7 Å². The standard InChI is InChI=1S/C15H23NO4/c1-11(10-17)5-4-8-16-15(18)12-6-7-13(19-2)14(9-12)20-3/h6-7,9,11,17H,4-5,8,10H2,1-3H3,(H,16,18). The van der Waals surface area contributed by atoms with E-state index < -0.39 is 0 Å². The molecule has 0 fully saturated rings. The zero-order valence-corrected chi connectivity index (χ0v) is 12.3. The normalized spacial score (nSPS) is 11.8. The number of hydrogen-bond donors (Lipinski definition) is 2. The highest BCUT2D eigenvalue weighted by molar-refractivity contribution is 5.94. The maximum Gasteiger partial charge on any atom is 0.251 e. The van der Waals surface area contributed by atoms with Crippen LogP contribution in [-0.4, -0.2) is 38.4 Å². The van der Waals surface area contributed by atoms with Gasteiger partial charge >= 0.3 is 0 Å². The molecule has 20 heavy (non-hydrogen) atoms. The molecule has 5 heteroatoms. The summed E-state index contributed by atoms with van der Waals surface area (Å²) in [7, 11) is 3.09. The van der Waals surface area contributed by atoms with Crippen LogP contribution in [0.1, 0.15) is 30.1 Å². The molecule has 1 unspecified atom stereocenters. The van der Waals surface area contributed by atoms with Crippen LogP contribution in [0.3, 0.4) is 0 Å². The number of nitrogens with one attached hydrogen (secondary N) is 1. The van der Waals surface area contributed by atoms with Gasteiger partial charge in [0.05, 0.1) is 14.2 Å². The van der Waals surface area contributed by atoms with Crippen molar-refractivity contribution in [1.82, 2.24) is 5.32 Å². The first-order chi connectivity index (χ1) is 9.62. The third-order valence-electron chi connectivity index (χ3n) is 3.12. The van der Waals surface area contributed by atoms with E-state index in [0.29, 0.717) is 23.6 Å². The van der Waals surface area contributed by atoms with Crippen LogP contribution in [0, 0.1) is 5.92 Å². The number of hydrogen-bond acceptors (Lipinski definition) is 4. The molecule has 1 rings (SSSR count). The Labute approximate surface area is 119 Å². The van der Waals surface area contributed by atoms with E-state index in [1.54, 1.807) is 25.3 Å². The lowest BCUT2D eigenvalue weighted by Crippen LogP contribution is -2.24. The minimum atomic E-state index is -0.136. The molecule has 0 saturated heterocycles. The molecule has 0 aliphatic heterocycles. The van der Waals surface area contributed by atoms with Gasteiger partial charge in [-0.3, -0.25) is 4.79 Å². The average Bonchev–Trinajstić information content (AvgIpc) is 2.50. The maximum atomic E-state index is 12.0. The van der Waals surface area contributed by atoms with E-state index in [0.717, 1.165) is 12.8 Å². The van der Waals surface area contributed by atoms with Crippen LogP contribution in [0.4, 0.5) is 0 Å². The van der Waals surface area contributed by atoms with Crippen molar-refractivity contribution in [3.05, 3.63) is 23.8 Å². The van der Waals surface area contributed by atoms with Crippen molar-refractivity contribution >= 4 is 5.91 Å². The van der Waals surface area contributed by atoms with Crippen LogP contribution in [-0.2, 0) is 0 Å².